The van der Waals surface area contributed by atoms with Crippen LogP contribution >= 0.6 is 0 Å². The largest absolute Gasteiger partial charge is 0.444 e. The van der Waals surface area contributed by atoms with Crippen LogP contribution in [-0.2, 0) is 14.3 Å². The van der Waals surface area contributed by atoms with E-state index in [4.69, 9.17) is 4.74 Å². The smallest absolute Gasteiger partial charge is 0.410 e. The molecule has 0 spiro atoms. The first-order valence-electron chi connectivity index (χ1n) is 12.3. The predicted octanol–water partition coefficient (Wildman–Crippen LogP) is 3.20. The van der Waals surface area contributed by atoms with Crippen LogP contribution in [0.25, 0.3) is 0 Å². The van der Waals surface area contributed by atoms with Gasteiger partial charge in [-0.25, -0.2) is 4.79 Å². The summed E-state index contributed by atoms with van der Waals surface area (Å²) in [5, 5.41) is 0. The highest BCUT2D eigenvalue weighted by Gasteiger charge is 2.43. The van der Waals surface area contributed by atoms with Crippen LogP contribution in [0.5, 0.6) is 0 Å². The van der Waals surface area contributed by atoms with Gasteiger partial charge in [0.1, 0.15) is 11.4 Å². The first-order chi connectivity index (χ1) is 16.5. The molecule has 0 radical (unpaired) electrons. The van der Waals surface area contributed by atoms with E-state index >= 15 is 0 Å². The SMILES string of the molecule is CC(C)(C)OC(=O)N1CCN(c2ccc3c(c2)C(=O)N(C2CCC(=O)CCCCC2=O)C3=O)CC1. The Bertz CT molecular complexity index is 1050. The van der Waals surface area contributed by atoms with Gasteiger partial charge in [-0.05, 0) is 58.2 Å². The Hall–Kier alpha value is -3.23. The number of nitrogens with zero attached hydrogens (tertiary/aromatic N) is 3. The average molecular weight is 484 g/mol. The number of rotatable bonds is 2. The van der Waals surface area contributed by atoms with Crippen molar-refractivity contribution >= 4 is 35.2 Å². The second-order valence-electron chi connectivity index (χ2n) is 10.4. The summed E-state index contributed by atoms with van der Waals surface area (Å²) in [6, 6.07) is 4.23. The molecule has 3 aliphatic rings. The molecule has 9 heteroatoms. The molecule has 9 nitrogen and oxygen atoms in total. The summed E-state index contributed by atoms with van der Waals surface area (Å²) < 4.78 is 5.45. The van der Waals surface area contributed by atoms with Gasteiger partial charge in [0.15, 0.2) is 5.78 Å². The van der Waals surface area contributed by atoms with Crippen molar-refractivity contribution in [2.75, 3.05) is 31.1 Å². The molecule has 0 bridgehead atoms. The molecular weight excluding hydrogens is 450 g/mol. The van der Waals surface area contributed by atoms with Crippen molar-refractivity contribution in [2.45, 2.75) is 70.9 Å². The van der Waals surface area contributed by atoms with Crippen molar-refractivity contribution < 1.29 is 28.7 Å². The molecule has 0 aromatic heterocycles. The third-order valence-corrected chi connectivity index (χ3v) is 6.71. The number of benzene rings is 1. The zero-order chi connectivity index (χ0) is 25.3. The predicted molar refractivity (Wildman–Crippen MR) is 128 cm³/mol. The summed E-state index contributed by atoms with van der Waals surface area (Å²) >= 11 is 0. The van der Waals surface area contributed by atoms with E-state index < -0.39 is 23.5 Å². The summed E-state index contributed by atoms with van der Waals surface area (Å²) in [5.74, 6) is -1.05. The first-order valence-corrected chi connectivity index (χ1v) is 12.3. The minimum Gasteiger partial charge on any atom is -0.444 e. The Morgan fingerprint density at radius 3 is 2.23 bits per heavy atom. The molecule has 188 valence electrons. The Morgan fingerprint density at radius 2 is 1.54 bits per heavy atom. The van der Waals surface area contributed by atoms with Crippen molar-refractivity contribution in [1.29, 1.82) is 0 Å². The van der Waals surface area contributed by atoms with Gasteiger partial charge in [0, 0.05) is 51.1 Å². The minimum atomic E-state index is -0.898. The van der Waals surface area contributed by atoms with Gasteiger partial charge in [0.05, 0.1) is 17.2 Å². The second kappa shape index (κ2) is 9.79. The standard InChI is InChI=1S/C26H33N3O6/c1-26(2,3)35-25(34)28-14-12-27(13-15-28)17-8-10-19-20(16-17)24(33)29(23(19)32)21-11-9-18(30)6-4-5-7-22(21)31/h8,10,16,21H,4-7,9,11-15H2,1-3H3. The van der Waals surface area contributed by atoms with Crippen LogP contribution in [0.3, 0.4) is 0 Å². The fourth-order valence-corrected chi connectivity index (χ4v) is 4.85. The van der Waals surface area contributed by atoms with Crippen molar-refractivity contribution in [2.24, 2.45) is 0 Å². The molecule has 3 amide bonds. The van der Waals surface area contributed by atoms with Crippen molar-refractivity contribution in [1.82, 2.24) is 9.80 Å². The molecule has 35 heavy (non-hydrogen) atoms. The van der Waals surface area contributed by atoms with E-state index in [0.29, 0.717) is 45.4 Å². The van der Waals surface area contributed by atoms with Crippen LogP contribution in [-0.4, -0.2) is 77.1 Å². The van der Waals surface area contributed by atoms with Crippen LogP contribution in [0.1, 0.15) is 80.0 Å². The lowest BCUT2D eigenvalue weighted by Crippen LogP contribution is -2.50. The normalized spacial score (nSPS) is 22.0. The Balaban J connectivity index is 1.47. The number of fused-ring (bicyclic) bond motifs is 1. The van der Waals surface area contributed by atoms with E-state index in [1.165, 1.54) is 0 Å². The number of hydrogen-bond donors (Lipinski definition) is 0. The summed E-state index contributed by atoms with van der Waals surface area (Å²) in [6.07, 6.45) is 1.97. The van der Waals surface area contributed by atoms with E-state index in [2.05, 4.69) is 4.90 Å². The summed E-state index contributed by atoms with van der Waals surface area (Å²) in [6.45, 7) is 7.58. The van der Waals surface area contributed by atoms with Crippen LogP contribution < -0.4 is 4.90 Å². The number of imide groups is 1. The number of anilines is 1. The monoisotopic (exact) mass is 483 g/mol. The van der Waals surface area contributed by atoms with Gasteiger partial charge < -0.3 is 14.5 Å². The average Bonchev–Trinajstić information content (AvgIpc) is 3.09. The third-order valence-electron chi connectivity index (χ3n) is 6.71. The Kier molecular flexibility index (Phi) is 6.96. The van der Waals surface area contributed by atoms with Crippen LogP contribution in [0.15, 0.2) is 18.2 Å². The van der Waals surface area contributed by atoms with Crippen LogP contribution in [0.4, 0.5) is 10.5 Å². The number of hydrogen-bond acceptors (Lipinski definition) is 7. The highest BCUT2D eigenvalue weighted by atomic mass is 16.6. The Morgan fingerprint density at radius 1 is 0.886 bits per heavy atom. The summed E-state index contributed by atoms with van der Waals surface area (Å²) in [7, 11) is 0. The molecule has 2 fully saturated rings. The molecule has 1 aromatic rings. The maximum absolute atomic E-state index is 13.3. The van der Waals surface area contributed by atoms with E-state index in [9.17, 15) is 24.0 Å². The number of carbonyl (C=O) groups is 5. The quantitative estimate of drug-likeness (QED) is 0.595. The van der Waals surface area contributed by atoms with Gasteiger partial charge in [-0.15, -0.1) is 0 Å². The summed E-state index contributed by atoms with van der Waals surface area (Å²) in [5.41, 5.74) is 0.787. The van der Waals surface area contributed by atoms with Gasteiger partial charge in [0.2, 0.25) is 0 Å². The van der Waals surface area contributed by atoms with Crippen molar-refractivity contribution in [3.05, 3.63) is 29.3 Å². The van der Waals surface area contributed by atoms with Crippen molar-refractivity contribution in [3.8, 4) is 0 Å². The lowest BCUT2D eigenvalue weighted by molar-refractivity contribution is -0.123. The fraction of sp³-hybridized carbons (Fsp3) is 0.577. The highest BCUT2D eigenvalue weighted by Crippen LogP contribution is 2.31. The van der Waals surface area contributed by atoms with Crippen LogP contribution in [0.2, 0.25) is 0 Å². The highest BCUT2D eigenvalue weighted by molar-refractivity contribution is 6.23. The maximum Gasteiger partial charge on any atom is 0.410 e. The number of piperazine rings is 1. The van der Waals surface area contributed by atoms with Gasteiger partial charge in [-0.3, -0.25) is 24.1 Å². The second-order valence-corrected chi connectivity index (χ2v) is 10.4. The molecule has 2 heterocycles. The van der Waals surface area contributed by atoms with Crippen LogP contribution in [0, 0.1) is 0 Å². The molecule has 1 aliphatic carbocycles. The molecule has 0 N–H and O–H groups in total. The fourth-order valence-electron chi connectivity index (χ4n) is 4.85. The van der Waals surface area contributed by atoms with Crippen molar-refractivity contribution in [3.63, 3.8) is 0 Å². The zero-order valence-electron chi connectivity index (χ0n) is 20.7. The lowest BCUT2D eigenvalue weighted by atomic mass is 10.0. The Labute approximate surface area is 205 Å². The maximum atomic E-state index is 13.3. The van der Waals surface area contributed by atoms with Gasteiger partial charge in [-0.2, -0.15) is 0 Å². The molecule has 1 aromatic carbocycles. The molecule has 1 atom stereocenters. The molecule has 1 saturated heterocycles. The molecule has 2 aliphatic heterocycles. The minimum absolute atomic E-state index is 0.0640. The summed E-state index contributed by atoms with van der Waals surface area (Å²) in [4.78, 5) is 68.5. The van der Waals surface area contributed by atoms with Gasteiger partial charge >= 0.3 is 6.09 Å². The van der Waals surface area contributed by atoms with Gasteiger partial charge in [-0.1, -0.05) is 0 Å². The molecular formula is C26H33N3O6. The van der Waals surface area contributed by atoms with E-state index in [1.54, 1.807) is 23.1 Å². The van der Waals surface area contributed by atoms with E-state index in [-0.39, 0.29) is 48.0 Å². The first kappa shape index (κ1) is 24.9. The van der Waals surface area contributed by atoms with E-state index in [1.807, 2.05) is 20.8 Å². The molecule has 1 unspecified atom stereocenters. The molecule has 1 saturated carbocycles. The van der Waals surface area contributed by atoms with Gasteiger partial charge in [0.25, 0.3) is 11.8 Å². The number of amides is 3. The number of carbonyl (C=O) groups excluding carboxylic acids is 5. The number of ether oxygens (including phenoxy) is 1. The third kappa shape index (κ3) is 5.39. The topological polar surface area (TPSA) is 104 Å². The number of ketones is 2. The van der Waals surface area contributed by atoms with E-state index in [0.717, 1.165) is 10.6 Å². The molecule has 4 rings (SSSR count). The number of Topliss-reactive ketones (excluding diaryl/α,β-unsaturated/α-hetero) is 2. The zero-order valence-corrected chi connectivity index (χ0v) is 20.7. The lowest BCUT2D eigenvalue weighted by Gasteiger charge is -2.36.